The Kier molecular flexibility index (Phi) is 3.84. The summed E-state index contributed by atoms with van der Waals surface area (Å²) in [6.45, 7) is 0. The number of rotatable bonds is 3. The van der Waals surface area contributed by atoms with Gasteiger partial charge in [-0.2, -0.15) is 5.10 Å². The second kappa shape index (κ2) is 5.37. The number of aromatic nitrogens is 2. The minimum atomic E-state index is 0.337. The summed E-state index contributed by atoms with van der Waals surface area (Å²) in [4.78, 5) is 0. The lowest BCUT2D eigenvalue weighted by Gasteiger charge is -2.12. The van der Waals surface area contributed by atoms with Gasteiger partial charge in [-0.15, -0.1) is 0 Å². The normalized spacial score (nSPS) is 10.2. The van der Waals surface area contributed by atoms with E-state index < -0.39 is 0 Å². The second-order valence-corrected chi connectivity index (χ2v) is 4.27. The molecule has 0 saturated carbocycles. The molecule has 0 aliphatic carbocycles. The molecule has 1 N–H and O–H groups in total. The number of nitrogens with one attached hydrogen (secondary N) is 1. The first-order chi connectivity index (χ1) is 8.67. The van der Waals surface area contributed by atoms with Crippen LogP contribution in [-0.4, -0.2) is 24.4 Å². The number of para-hydroxylation sites is 1. The van der Waals surface area contributed by atoms with Gasteiger partial charge in [-0.25, -0.2) is 0 Å². The number of hydrogen-bond acceptors (Lipinski definition) is 4. The quantitative estimate of drug-likeness (QED) is 0.876. The molecule has 4 nitrogen and oxygen atoms in total. The van der Waals surface area contributed by atoms with Gasteiger partial charge in [0.1, 0.15) is 9.79 Å². The van der Waals surface area contributed by atoms with Crippen LogP contribution in [0, 0.1) is 4.64 Å². The van der Waals surface area contributed by atoms with Crippen molar-refractivity contribution in [1.82, 2.24) is 10.2 Å². The number of nitrogens with zero attached hydrogens (tertiary/aromatic N) is 1. The third-order valence-electron chi connectivity index (χ3n) is 2.47. The van der Waals surface area contributed by atoms with Crippen molar-refractivity contribution < 1.29 is 9.47 Å². The van der Waals surface area contributed by atoms with E-state index in [-0.39, 0.29) is 0 Å². The molecule has 0 atom stereocenters. The number of methoxy groups -OCH3 is 2. The van der Waals surface area contributed by atoms with E-state index in [1.165, 1.54) is 0 Å². The molecule has 0 amide bonds. The highest BCUT2D eigenvalue weighted by Gasteiger charge is 2.13. The maximum absolute atomic E-state index is 5.88. The molecular formula is C12H11ClN2O2S. The SMILES string of the molecule is COc1cccc(-c2cc(Cl)n[nH]c2=S)c1OC. The number of aromatic amines is 1. The van der Waals surface area contributed by atoms with E-state index in [4.69, 9.17) is 33.3 Å². The molecule has 0 fully saturated rings. The minimum Gasteiger partial charge on any atom is -0.493 e. The Hall–Kier alpha value is -1.59. The number of halogens is 1. The molecule has 6 heteroatoms. The van der Waals surface area contributed by atoms with E-state index in [1.807, 2.05) is 18.2 Å². The predicted octanol–water partition coefficient (Wildman–Crippen LogP) is 3.48. The van der Waals surface area contributed by atoms with Gasteiger partial charge in [0.15, 0.2) is 11.5 Å². The molecule has 0 radical (unpaired) electrons. The van der Waals surface area contributed by atoms with Crippen molar-refractivity contribution in [3.63, 3.8) is 0 Å². The number of hydrogen-bond donors (Lipinski definition) is 1. The summed E-state index contributed by atoms with van der Waals surface area (Å²) >= 11 is 11.1. The monoisotopic (exact) mass is 282 g/mol. The van der Waals surface area contributed by atoms with Gasteiger partial charge in [0.05, 0.1) is 14.2 Å². The molecule has 1 aromatic carbocycles. The van der Waals surface area contributed by atoms with Crippen molar-refractivity contribution in [1.29, 1.82) is 0 Å². The van der Waals surface area contributed by atoms with Gasteiger partial charge in [0, 0.05) is 11.1 Å². The molecule has 2 rings (SSSR count). The summed E-state index contributed by atoms with van der Waals surface area (Å²) in [6.07, 6.45) is 0. The third-order valence-corrected chi connectivity index (χ3v) is 2.97. The molecule has 0 aliphatic heterocycles. The molecule has 1 heterocycles. The van der Waals surface area contributed by atoms with E-state index in [1.54, 1.807) is 20.3 Å². The predicted molar refractivity (Wildman–Crippen MR) is 73.0 cm³/mol. The van der Waals surface area contributed by atoms with Crippen LogP contribution < -0.4 is 9.47 Å². The van der Waals surface area contributed by atoms with E-state index in [0.29, 0.717) is 21.3 Å². The molecule has 0 aliphatic rings. The van der Waals surface area contributed by atoms with Gasteiger partial charge in [-0.3, -0.25) is 5.10 Å². The van der Waals surface area contributed by atoms with Gasteiger partial charge in [-0.05, 0) is 12.1 Å². The Morgan fingerprint density at radius 3 is 2.67 bits per heavy atom. The van der Waals surface area contributed by atoms with E-state index in [0.717, 1.165) is 11.1 Å². The maximum atomic E-state index is 5.88. The van der Waals surface area contributed by atoms with Crippen LogP contribution in [0.3, 0.4) is 0 Å². The van der Waals surface area contributed by atoms with E-state index >= 15 is 0 Å². The highest BCUT2D eigenvalue weighted by molar-refractivity contribution is 7.71. The average molecular weight is 283 g/mol. The molecule has 18 heavy (non-hydrogen) atoms. The van der Waals surface area contributed by atoms with Gasteiger partial charge in [-0.1, -0.05) is 36.0 Å². The molecule has 0 unspecified atom stereocenters. The highest BCUT2D eigenvalue weighted by atomic mass is 35.5. The molecule has 0 bridgehead atoms. The first-order valence-corrected chi connectivity index (χ1v) is 5.92. The fourth-order valence-electron chi connectivity index (χ4n) is 1.68. The van der Waals surface area contributed by atoms with E-state index in [9.17, 15) is 0 Å². The van der Waals surface area contributed by atoms with Crippen molar-refractivity contribution in [3.8, 4) is 22.6 Å². The Balaban J connectivity index is 2.71. The number of ether oxygens (including phenoxy) is 2. The second-order valence-electron chi connectivity index (χ2n) is 3.47. The zero-order valence-corrected chi connectivity index (χ0v) is 11.4. The van der Waals surface area contributed by atoms with Crippen LogP contribution in [0.4, 0.5) is 0 Å². The first kappa shape index (κ1) is 12.9. The van der Waals surface area contributed by atoms with Crippen molar-refractivity contribution >= 4 is 23.8 Å². The van der Waals surface area contributed by atoms with Crippen LogP contribution >= 0.6 is 23.8 Å². The minimum absolute atomic E-state index is 0.337. The van der Waals surface area contributed by atoms with Crippen molar-refractivity contribution in [2.45, 2.75) is 0 Å². The van der Waals surface area contributed by atoms with Crippen LogP contribution in [0.15, 0.2) is 24.3 Å². The lowest BCUT2D eigenvalue weighted by molar-refractivity contribution is 0.356. The number of benzene rings is 1. The lowest BCUT2D eigenvalue weighted by atomic mass is 10.1. The number of H-pyrrole nitrogens is 1. The smallest absolute Gasteiger partial charge is 0.168 e. The fraction of sp³-hybridized carbons (Fsp3) is 0.167. The average Bonchev–Trinajstić information content (AvgIpc) is 2.40. The molecule has 0 saturated heterocycles. The summed E-state index contributed by atoms with van der Waals surface area (Å²) in [5.41, 5.74) is 1.56. The van der Waals surface area contributed by atoms with Crippen LogP contribution in [0.25, 0.3) is 11.1 Å². The summed E-state index contributed by atoms with van der Waals surface area (Å²) in [7, 11) is 3.17. The standard InChI is InChI=1S/C12H11ClN2O2S/c1-16-9-5-3-4-7(11(9)17-2)8-6-10(13)14-15-12(8)18/h3-6H,1-2H3,(H,15,18). The van der Waals surface area contributed by atoms with E-state index in [2.05, 4.69) is 10.2 Å². The van der Waals surface area contributed by atoms with Crippen LogP contribution in [-0.2, 0) is 0 Å². The molecule has 0 spiro atoms. The highest BCUT2D eigenvalue weighted by Crippen LogP contribution is 2.38. The van der Waals surface area contributed by atoms with Crippen molar-refractivity contribution in [3.05, 3.63) is 34.1 Å². The Bertz CT molecular complexity index is 628. The first-order valence-electron chi connectivity index (χ1n) is 5.14. The summed E-state index contributed by atoms with van der Waals surface area (Å²) in [6, 6.07) is 7.26. The Labute approximate surface area is 115 Å². The Morgan fingerprint density at radius 1 is 1.22 bits per heavy atom. The molecule has 1 aromatic heterocycles. The zero-order chi connectivity index (χ0) is 13.1. The van der Waals surface area contributed by atoms with Crippen molar-refractivity contribution in [2.24, 2.45) is 0 Å². The van der Waals surface area contributed by atoms with Crippen LogP contribution in [0.2, 0.25) is 5.15 Å². The fourth-order valence-corrected chi connectivity index (χ4v) is 2.05. The topological polar surface area (TPSA) is 47.1 Å². The largest absolute Gasteiger partial charge is 0.493 e. The van der Waals surface area contributed by atoms with Gasteiger partial charge >= 0.3 is 0 Å². The van der Waals surface area contributed by atoms with Gasteiger partial charge in [0.2, 0.25) is 0 Å². The van der Waals surface area contributed by atoms with Gasteiger partial charge in [0.25, 0.3) is 0 Å². The summed E-state index contributed by atoms with van der Waals surface area (Å²) in [5.74, 6) is 1.25. The molecule has 94 valence electrons. The third kappa shape index (κ3) is 2.32. The van der Waals surface area contributed by atoms with Crippen LogP contribution in [0.1, 0.15) is 0 Å². The lowest BCUT2D eigenvalue weighted by Crippen LogP contribution is -1.95. The molecule has 2 aromatic rings. The summed E-state index contributed by atoms with van der Waals surface area (Å²) < 4.78 is 11.1. The van der Waals surface area contributed by atoms with Gasteiger partial charge < -0.3 is 9.47 Å². The molecular weight excluding hydrogens is 272 g/mol. The summed E-state index contributed by atoms with van der Waals surface area (Å²) in [5, 5.41) is 6.86. The van der Waals surface area contributed by atoms with Crippen LogP contribution in [0.5, 0.6) is 11.5 Å². The zero-order valence-electron chi connectivity index (χ0n) is 9.86. The maximum Gasteiger partial charge on any atom is 0.168 e. The van der Waals surface area contributed by atoms with Crippen molar-refractivity contribution in [2.75, 3.05) is 14.2 Å². The Morgan fingerprint density at radius 2 is 2.00 bits per heavy atom.